The monoisotopic (exact) mass is 433 g/mol. The Kier molecular flexibility index (Phi) is 5.24. The van der Waals surface area contributed by atoms with E-state index in [2.05, 4.69) is 26.3 Å². The molecule has 0 aliphatic heterocycles. The predicted molar refractivity (Wildman–Crippen MR) is 103 cm³/mol. The number of aromatic nitrogens is 2. The summed E-state index contributed by atoms with van der Waals surface area (Å²) in [7, 11) is -3.38. The zero-order chi connectivity index (χ0) is 18.7. The predicted octanol–water partition coefficient (Wildman–Crippen LogP) is 3.35. The molecule has 26 heavy (non-hydrogen) atoms. The minimum atomic E-state index is -3.38. The largest absolute Gasteiger partial charge is 0.307 e. The van der Waals surface area contributed by atoms with Crippen molar-refractivity contribution in [2.45, 2.75) is 11.4 Å². The second-order valence-electron chi connectivity index (χ2n) is 5.76. The highest BCUT2D eigenvalue weighted by Crippen LogP contribution is 2.17. The quantitative estimate of drug-likeness (QED) is 0.668. The molecule has 0 aliphatic carbocycles. The Bertz CT molecular complexity index is 1060. The van der Waals surface area contributed by atoms with Crippen LogP contribution in [0.1, 0.15) is 15.9 Å². The zero-order valence-electron chi connectivity index (χ0n) is 13.9. The molecule has 3 rings (SSSR count). The molecule has 0 saturated carbocycles. The van der Waals surface area contributed by atoms with Gasteiger partial charge in [-0.25, -0.2) is 13.1 Å². The third-order valence-corrected chi connectivity index (χ3v) is 5.31. The van der Waals surface area contributed by atoms with Gasteiger partial charge in [0.1, 0.15) is 5.82 Å². The molecule has 1 heterocycles. The fourth-order valence-electron chi connectivity index (χ4n) is 2.43. The van der Waals surface area contributed by atoms with Crippen molar-refractivity contribution in [2.75, 3.05) is 11.6 Å². The van der Waals surface area contributed by atoms with Crippen molar-refractivity contribution in [3.05, 3.63) is 76.4 Å². The molecule has 0 aliphatic rings. The number of hydrogen-bond acceptors (Lipinski definition) is 4. The van der Waals surface area contributed by atoms with Gasteiger partial charge in [-0.1, -0.05) is 34.1 Å². The van der Waals surface area contributed by atoms with E-state index in [0.29, 0.717) is 12.4 Å². The summed E-state index contributed by atoms with van der Waals surface area (Å²) < 4.78 is 25.9. The van der Waals surface area contributed by atoms with E-state index in [1.807, 2.05) is 24.3 Å². The van der Waals surface area contributed by atoms with Crippen LogP contribution in [0.3, 0.4) is 0 Å². The molecule has 1 aromatic heterocycles. The molecule has 0 radical (unpaired) electrons. The third kappa shape index (κ3) is 4.39. The van der Waals surface area contributed by atoms with Gasteiger partial charge in [0.25, 0.3) is 5.91 Å². The van der Waals surface area contributed by atoms with Gasteiger partial charge in [0.15, 0.2) is 9.84 Å². The molecule has 0 atom stereocenters. The molecular formula is C18H16BrN3O3S. The van der Waals surface area contributed by atoms with Crippen molar-refractivity contribution in [1.29, 1.82) is 0 Å². The van der Waals surface area contributed by atoms with Gasteiger partial charge in [0.2, 0.25) is 0 Å². The molecule has 6 nitrogen and oxygen atoms in total. The fraction of sp³-hybridized carbons (Fsp3) is 0.111. The highest BCUT2D eigenvalue weighted by molar-refractivity contribution is 9.10. The number of nitrogens with one attached hydrogen (secondary N) is 1. The lowest BCUT2D eigenvalue weighted by molar-refractivity contribution is 0.102. The molecule has 0 bridgehead atoms. The minimum Gasteiger partial charge on any atom is -0.307 e. The molecule has 3 aromatic rings. The zero-order valence-corrected chi connectivity index (χ0v) is 16.3. The number of carbonyl (C=O) groups excluding carboxylic acids is 1. The number of amides is 1. The Morgan fingerprint density at radius 2 is 1.92 bits per heavy atom. The van der Waals surface area contributed by atoms with Crippen LogP contribution in [0.5, 0.6) is 0 Å². The van der Waals surface area contributed by atoms with Gasteiger partial charge in [0, 0.05) is 22.4 Å². The first-order valence-electron chi connectivity index (χ1n) is 7.71. The number of carbonyl (C=O) groups is 1. The van der Waals surface area contributed by atoms with Crippen LogP contribution in [0, 0.1) is 0 Å². The lowest BCUT2D eigenvalue weighted by Gasteiger charge is -2.10. The number of anilines is 1. The number of halogens is 1. The molecule has 1 amide bonds. The Morgan fingerprint density at radius 1 is 1.15 bits per heavy atom. The van der Waals surface area contributed by atoms with Crippen LogP contribution in [0.4, 0.5) is 5.82 Å². The average molecular weight is 434 g/mol. The maximum Gasteiger partial charge on any atom is 0.256 e. The molecule has 0 spiro atoms. The van der Waals surface area contributed by atoms with E-state index >= 15 is 0 Å². The van der Waals surface area contributed by atoms with Crippen molar-refractivity contribution < 1.29 is 13.2 Å². The fourth-order valence-corrected chi connectivity index (χ4v) is 3.54. The molecule has 1 N–H and O–H groups in total. The average Bonchev–Trinajstić information content (AvgIpc) is 3.01. The number of nitrogens with zero attached hydrogens (tertiary/aromatic N) is 2. The summed E-state index contributed by atoms with van der Waals surface area (Å²) in [5, 5.41) is 7.01. The molecule has 8 heteroatoms. The maximum atomic E-state index is 12.5. The van der Waals surface area contributed by atoms with Crippen LogP contribution < -0.4 is 5.32 Å². The van der Waals surface area contributed by atoms with Crippen LogP contribution in [-0.4, -0.2) is 30.4 Å². The SMILES string of the molecule is CS(=O)(=O)c1cccc(C(=O)Nc2ccnn2Cc2cccc(Br)c2)c1. The van der Waals surface area contributed by atoms with Crippen LogP contribution in [0.15, 0.2) is 70.2 Å². The van der Waals surface area contributed by atoms with Gasteiger partial charge in [-0.2, -0.15) is 5.10 Å². The van der Waals surface area contributed by atoms with Crippen molar-refractivity contribution in [3.8, 4) is 0 Å². The van der Waals surface area contributed by atoms with Gasteiger partial charge in [-0.3, -0.25) is 4.79 Å². The van der Waals surface area contributed by atoms with Gasteiger partial charge in [0.05, 0.1) is 17.6 Å². The Labute approximate surface area is 159 Å². The summed E-state index contributed by atoms with van der Waals surface area (Å²) in [4.78, 5) is 12.6. The van der Waals surface area contributed by atoms with Crippen molar-refractivity contribution in [3.63, 3.8) is 0 Å². The topological polar surface area (TPSA) is 81.1 Å². The highest BCUT2D eigenvalue weighted by atomic mass is 79.9. The number of benzene rings is 2. The minimum absolute atomic E-state index is 0.104. The van der Waals surface area contributed by atoms with Crippen LogP contribution in [-0.2, 0) is 16.4 Å². The Hall–Kier alpha value is -2.45. The van der Waals surface area contributed by atoms with E-state index in [4.69, 9.17) is 0 Å². The second-order valence-corrected chi connectivity index (χ2v) is 8.69. The summed E-state index contributed by atoms with van der Waals surface area (Å²) in [5.74, 6) is 0.131. The number of rotatable bonds is 5. The summed E-state index contributed by atoms with van der Waals surface area (Å²) in [6.07, 6.45) is 2.71. The first-order valence-corrected chi connectivity index (χ1v) is 10.4. The Morgan fingerprint density at radius 3 is 2.65 bits per heavy atom. The van der Waals surface area contributed by atoms with Gasteiger partial charge in [-0.15, -0.1) is 0 Å². The maximum absolute atomic E-state index is 12.5. The normalized spacial score (nSPS) is 11.3. The summed E-state index contributed by atoms with van der Waals surface area (Å²) in [6, 6.07) is 15.4. The van der Waals surface area contributed by atoms with Crippen LogP contribution in [0.2, 0.25) is 0 Å². The van der Waals surface area contributed by atoms with E-state index in [0.717, 1.165) is 16.3 Å². The van der Waals surface area contributed by atoms with E-state index in [-0.39, 0.29) is 10.5 Å². The molecule has 0 unspecified atom stereocenters. The van der Waals surface area contributed by atoms with Gasteiger partial charge >= 0.3 is 0 Å². The Balaban J connectivity index is 1.80. The molecule has 0 fully saturated rings. The van der Waals surface area contributed by atoms with Gasteiger partial charge in [-0.05, 0) is 35.9 Å². The second kappa shape index (κ2) is 7.43. The lowest BCUT2D eigenvalue weighted by Crippen LogP contribution is -2.16. The first kappa shape index (κ1) is 18.3. The molecular weight excluding hydrogens is 418 g/mol. The van der Waals surface area contributed by atoms with Crippen molar-refractivity contribution in [2.24, 2.45) is 0 Å². The highest BCUT2D eigenvalue weighted by Gasteiger charge is 2.13. The number of sulfone groups is 1. The summed E-state index contributed by atoms with van der Waals surface area (Å²) >= 11 is 3.43. The van der Waals surface area contributed by atoms with Crippen molar-refractivity contribution in [1.82, 2.24) is 9.78 Å². The van der Waals surface area contributed by atoms with E-state index in [9.17, 15) is 13.2 Å². The smallest absolute Gasteiger partial charge is 0.256 e. The van der Waals surface area contributed by atoms with Gasteiger partial charge < -0.3 is 5.32 Å². The standard InChI is InChI=1S/C18H16BrN3O3S/c1-26(24,25)16-7-3-5-14(11-16)18(23)21-17-8-9-20-22(17)12-13-4-2-6-15(19)10-13/h2-11H,12H2,1H3,(H,21,23). The third-order valence-electron chi connectivity index (χ3n) is 3.70. The van der Waals surface area contributed by atoms with Crippen LogP contribution >= 0.6 is 15.9 Å². The van der Waals surface area contributed by atoms with E-state index < -0.39 is 15.7 Å². The lowest BCUT2D eigenvalue weighted by atomic mass is 10.2. The van der Waals surface area contributed by atoms with E-state index in [1.54, 1.807) is 29.1 Å². The van der Waals surface area contributed by atoms with Crippen LogP contribution in [0.25, 0.3) is 0 Å². The summed E-state index contributed by atoms with van der Waals surface area (Å²) in [6.45, 7) is 0.492. The molecule has 134 valence electrons. The number of hydrogen-bond donors (Lipinski definition) is 1. The molecule has 0 saturated heterocycles. The summed E-state index contributed by atoms with van der Waals surface area (Å²) in [5.41, 5.74) is 1.29. The van der Waals surface area contributed by atoms with E-state index in [1.165, 1.54) is 12.1 Å². The first-order chi connectivity index (χ1) is 12.3. The molecule has 2 aromatic carbocycles. The van der Waals surface area contributed by atoms with Crippen molar-refractivity contribution >= 4 is 37.5 Å².